The number of hydrogen-bond donors (Lipinski definition) is 0. The number of carbonyl (C=O) groups is 1. The normalized spacial score (nSPS) is 10.8. The Morgan fingerprint density at radius 3 is 2.57 bits per heavy atom. The Morgan fingerprint density at radius 2 is 1.79 bits per heavy atom. The van der Waals surface area contributed by atoms with E-state index in [-0.39, 0.29) is 5.91 Å². The zero-order chi connectivity index (χ0) is 19.5. The molecule has 1 amide bonds. The fourth-order valence-electron chi connectivity index (χ4n) is 3.09. The van der Waals surface area contributed by atoms with Crippen molar-refractivity contribution < 1.29 is 9.53 Å². The first kappa shape index (κ1) is 17.7. The highest BCUT2D eigenvalue weighted by atomic mass is 16.5. The van der Waals surface area contributed by atoms with Gasteiger partial charge >= 0.3 is 0 Å². The van der Waals surface area contributed by atoms with Crippen LogP contribution in [0.25, 0.3) is 16.5 Å². The van der Waals surface area contributed by atoms with Crippen LogP contribution in [-0.4, -0.2) is 40.0 Å². The van der Waals surface area contributed by atoms with Crippen LogP contribution in [0.2, 0.25) is 0 Å². The molecule has 0 aliphatic heterocycles. The van der Waals surface area contributed by atoms with E-state index in [2.05, 4.69) is 16.3 Å². The van der Waals surface area contributed by atoms with Gasteiger partial charge in [-0.25, -0.2) is 0 Å². The number of hydrogen-bond acceptors (Lipinski definition) is 4. The Bertz CT molecular complexity index is 1120. The number of carbonyl (C=O) groups excluding carboxylic acids is 1. The monoisotopic (exact) mass is 372 g/mol. The fraction of sp³-hybridized carbons (Fsp3) is 0.136. The quantitative estimate of drug-likeness (QED) is 0.536. The van der Waals surface area contributed by atoms with E-state index in [1.54, 1.807) is 19.1 Å². The van der Waals surface area contributed by atoms with Gasteiger partial charge in [0.2, 0.25) is 0 Å². The zero-order valence-electron chi connectivity index (χ0n) is 15.7. The second kappa shape index (κ2) is 7.52. The summed E-state index contributed by atoms with van der Waals surface area (Å²) in [5, 5.41) is 10.7. The summed E-state index contributed by atoms with van der Waals surface area (Å²) in [6.07, 6.45) is 1.50. The van der Waals surface area contributed by atoms with Crippen molar-refractivity contribution in [1.82, 2.24) is 19.9 Å². The van der Waals surface area contributed by atoms with Crippen LogP contribution in [0.15, 0.2) is 72.9 Å². The van der Waals surface area contributed by atoms with Crippen LogP contribution in [0, 0.1) is 0 Å². The van der Waals surface area contributed by atoms with E-state index in [1.165, 1.54) is 11.0 Å². The van der Waals surface area contributed by atoms with E-state index >= 15 is 0 Å². The third kappa shape index (κ3) is 3.57. The molecule has 0 saturated heterocycles. The molecule has 1 heterocycles. The Balaban J connectivity index is 1.50. The standard InChI is InChI=1S/C22H20N4O2/c1-25(15-16-8-9-18-13-20(28-2)11-10-17(18)12-16)22(27)21-14-23-26(24-21)19-6-4-3-5-7-19/h3-14H,15H2,1-2H3. The summed E-state index contributed by atoms with van der Waals surface area (Å²) in [6.45, 7) is 0.485. The maximum absolute atomic E-state index is 12.7. The van der Waals surface area contributed by atoms with Crippen LogP contribution in [-0.2, 0) is 6.54 Å². The van der Waals surface area contributed by atoms with E-state index in [9.17, 15) is 4.79 Å². The van der Waals surface area contributed by atoms with Gasteiger partial charge in [0, 0.05) is 13.6 Å². The van der Waals surface area contributed by atoms with E-state index in [1.807, 2.05) is 60.7 Å². The minimum Gasteiger partial charge on any atom is -0.497 e. The largest absolute Gasteiger partial charge is 0.497 e. The molecule has 4 aromatic rings. The lowest BCUT2D eigenvalue weighted by atomic mass is 10.1. The van der Waals surface area contributed by atoms with Crippen LogP contribution in [0.3, 0.4) is 0 Å². The molecule has 0 atom stereocenters. The molecular formula is C22H20N4O2. The summed E-state index contributed by atoms with van der Waals surface area (Å²) < 4.78 is 5.26. The van der Waals surface area contributed by atoms with E-state index in [0.29, 0.717) is 12.2 Å². The molecule has 6 nitrogen and oxygen atoms in total. The maximum atomic E-state index is 12.7. The summed E-state index contributed by atoms with van der Waals surface area (Å²) in [5.74, 6) is 0.658. The highest BCUT2D eigenvalue weighted by Gasteiger charge is 2.16. The highest BCUT2D eigenvalue weighted by molar-refractivity contribution is 5.92. The minimum absolute atomic E-state index is 0.169. The minimum atomic E-state index is -0.169. The molecule has 0 unspecified atom stereocenters. The molecule has 140 valence electrons. The molecule has 3 aromatic carbocycles. The molecule has 4 rings (SSSR count). The molecular weight excluding hydrogens is 352 g/mol. The predicted molar refractivity (Wildman–Crippen MR) is 108 cm³/mol. The first-order chi connectivity index (χ1) is 13.6. The average molecular weight is 372 g/mol. The summed E-state index contributed by atoms with van der Waals surface area (Å²) in [7, 11) is 3.42. The second-order valence-corrected chi connectivity index (χ2v) is 6.56. The van der Waals surface area contributed by atoms with Crippen molar-refractivity contribution in [1.29, 1.82) is 0 Å². The number of rotatable bonds is 5. The number of nitrogens with zero attached hydrogens (tertiary/aromatic N) is 4. The number of aromatic nitrogens is 3. The van der Waals surface area contributed by atoms with Crippen LogP contribution in [0.1, 0.15) is 16.1 Å². The highest BCUT2D eigenvalue weighted by Crippen LogP contribution is 2.22. The third-order valence-electron chi connectivity index (χ3n) is 4.58. The van der Waals surface area contributed by atoms with Crippen LogP contribution in [0.4, 0.5) is 0 Å². The van der Waals surface area contributed by atoms with Gasteiger partial charge in [-0.15, -0.1) is 5.10 Å². The lowest BCUT2D eigenvalue weighted by Gasteiger charge is -2.16. The summed E-state index contributed by atoms with van der Waals surface area (Å²) in [6, 6.07) is 21.6. The third-order valence-corrected chi connectivity index (χ3v) is 4.58. The number of benzene rings is 3. The Kier molecular flexibility index (Phi) is 4.76. The lowest BCUT2D eigenvalue weighted by molar-refractivity contribution is 0.0779. The van der Waals surface area contributed by atoms with Gasteiger partial charge in [0.1, 0.15) is 5.75 Å². The van der Waals surface area contributed by atoms with E-state index in [0.717, 1.165) is 27.8 Å². The van der Waals surface area contributed by atoms with Gasteiger partial charge in [-0.05, 0) is 46.7 Å². The number of ether oxygens (including phenoxy) is 1. The van der Waals surface area contributed by atoms with Crippen molar-refractivity contribution in [2.24, 2.45) is 0 Å². The molecule has 0 aliphatic rings. The second-order valence-electron chi connectivity index (χ2n) is 6.56. The van der Waals surface area contributed by atoms with Crippen molar-refractivity contribution in [2.75, 3.05) is 14.2 Å². The Morgan fingerprint density at radius 1 is 1.04 bits per heavy atom. The molecule has 0 aliphatic carbocycles. The van der Waals surface area contributed by atoms with Gasteiger partial charge in [0.05, 0.1) is 19.0 Å². The van der Waals surface area contributed by atoms with E-state index in [4.69, 9.17) is 4.74 Å². The molecule has 0 radical (unpaired) electrons. The first-order valence-corrected chi connectivity index (χ1v) is 8.94. The van der Waals surface area contributed by atoms with Crippen molar-refractivity contribution in [3.8, 4) is 11.4 Å². The van der Waals surface area contributed by atoms with Gasteiger partial charge in [0.25, 0.3) is 5.91 Å². The van der Waals surface area contributed by atoms with Crippen molar-refractivity contribution >= 4 is 16.7 Å². The zero-order valence-corrected chi connectivity index (χ0v) is 15.7. The summed E-state index contributed by atoms with van der Waals surface area (Å²) >= 11 is 0. The van der Waals surface area contributed by atoms with Gasteiger partial charge in [-0.1, -0.05) is 36.4 Å². The van der Waals surface area contributed by atoms with Crippen molar-refractivity contribution in [3.05, 3.63) is 84.2 Å². The van der Waals surface area contributed by atoms with Crippen LogP contribution >= 0.6 is 0 Å². The summed E-state index contributed by atoms with van der Waals surface area (Å²) in [5.41, 5.74) is 2.18. The number of amides is 1. The van der Waals surface area contributed by atoms with Gasteiger partial charge < -0.3 is 9.64 Å². The van der Waals surface area contributed by atoms with Crippen LogP contribution in [0.5, 0.6) is 5.75 Å². The number of methoxy groups -OCH3 is 1. The van der Waals surface area contributed by atoms with Gasteiger partial charge in [0.15, 0.2) is 5.69 Å². The number of para-hydroxylation sites is 1. The molecule has 1 aromatic heterocycles. The molecule has 0 spiro atoms. The number of fused-ring (bicyclic) bond motifs is 1. The maximum Gasteiger partial charge on any atom is 0.276 e. The summed E-state index contributed by atoms with van der Waals surface area (Å²) in [4.78, 5) is 15.8. The van der Waals surface area contributed by atoms with Crippen LogP contribution < -0.4 is 4.74 Å². The average Bonchev–Trinajstić information content (AvgIpc) is 3.23. The molecule has 28 heavy (non-hydrogen) atoms. The van der Waals surface area contributed by atoms with Gasteiger partial charge in [-0.2, -0.15) is 9.90 Å². The first-order valence-electron chi connectivity index (χ1n) is 8.94. The smallest absolute Gasteiger partial charge is 0.276 e. The SMILES string of the molecule is COc1ccc2cc(CN(C)C(=O)c3cnn(-c4ccccc4)n3)ccc2c1. The molecule has 0 fully saturated rings. The van der Waals surface area contributed by atoms with Crippen molar-refractivity contribution in [2.45, 2.75) is 6.54 Å². The molecule has 0 N–H and O–H groups in total. The molecule has 0 saturated carbocycles. The van der Waals surface area contributed by atoms with E-state index < -0.39 is 0 Å². The predicted octanol–water partition coefficient (Wildman–Crippen LogP) is 3.70. The topological polar surface area (TPSA) is 60.2 Å². The molecule has 6 heteroatoms. The lowest BCUT2D eigenvalue weighted by Crippen LogP contribution is -2.26. The Labute approximate surface area is 163 Å². The van der Waals surface area contributed by atoms with Crippen molar-refractivity contribution in [3.63, 3.8) is 0 Å². The Hall–Kier alpha value is -3.67. The molecule has 0 bridgehead atoms. The van der Waals surface area contributed by atoms with Gasteiger partial charge in [-0.3, -0.25) is 4.79 Å². The fourth-order valence-corrected chi connectivity index (χ4v) is 3.09.